The second-order valence-corrected chi connectivity index (χ2v) is 5.51. The van der Waals surface area contributed by atoms with E-state index < -0.39 is 0 Å². The first-order valence-corrected chi connectivity index (χ1v) is 7.49. The average Bonchev–Trinajstić information content (AvgIpc) is 2.35. The Labute approximate surface area is 127 Å². The minimum absolute atomic E-state index is 0.0271. The molecule has 0 aliphatic heterocycles. The molecule has 0 bridgehead atoms. The molecule has 0 rings (SSSR count). The van der Waals surface area contributed by atoms with Crippen LogP contribution in [0, 0.1) is 0 Å². The van der Waals surface area contributed by atoms with Crippen molar-refractivity contribution >= 4 is 17.5 Å². The predicted molar refractivity (Wildman–Crippen MR) is 83.2 cm³/mol. The van der Waals surface area contributed by atoms with Gasteiger partial charge in [0, 0.05) is 31.3 Å². The number of hydrogen-bond acceptors (Lipinski definition) is 5. The zero-order valence-corrected chi connectivity index (χ0v) is 13.6. The number of hydrogen-bond donors (Lipinski definition) is 3. The lowest BCUT2D eigenvalue weighted by Crippen LogP contribution is -2.41. The molecule has 1 amide bonds. The third-order valence-electron chi connectivity index (χ3n) is 3.25. The normalized spacial score (nSPS) is 12.2. The van der Waals surface area contributed by atoms with Gasteiger partial charge in [-0.1, -0.05) is 0 Å². The predicted octanol–water partition coefficient (Wildman–Crippen LogP) is 0.407. The summed E-state index contributed by atoms with van der Waals surface area (Å²) in [4.78, 5) is 34.4. The first-order chi connectivity index (χ1) is 9.88. The van der Waals surface area contributed by atoms with Gasteiger partial charge in [0.05, 0.1) is 0 Å². The molecule has 0 heterocycles. The van der Waals surface area contributed by atoms with Crippen molar-refractivity contribution in [3.05, 3.63) is 0 Å². The summed E-state index contributed by atoms with van der Waals surface area (Å²) in [6.45, 7) is 3.85. The summed E-state index contributed by atoms with van der Waals surface area (Å²) >= 11 is 0. The molecular weight excluding hydrogens is 270 g/mol. The second-order valence-electron chi connectivity index (χ2n) is 5.51. The van der Waals surface area contributed by atoms with Crippen molar-refractivity contribution in [1.29, 1.82) is 0 Å². The van der Waals surface area contributed by atoms with Crippen LogP contribution in [0.2, 0.25) is 0 Å². The van der Waals surface area contributed by atoms with Crippen LogP contribution in [0.3, 0.4) is 0 Å². The van der Waals surface area contributed by atoms with Crippen LogP contribution in [0.5, 0.6) is 0 Å². The van der Waals surface area contributed by atoms with Crippen LogP contribution in [0.4, 0.5) is 0 Å². The van der Waals surface area contributed by atoms with Gasteiger partial charge in [-0.25, -0.2) is 0 Å². The fourth-order valence-corrected chi connectivity index (χ4v) is 2.25. The number of carbonyl (C=O) groups excluding carboxylic acids is 3. The molecule has 1 atom stereocenters. The van der Waals surface area contributed by atoms with Gasteiger partial charge in [0.2, 0.25) is 5.91 Å². The Morgan fingerprint density at radius 2 is 1.48 bits per heavy atom. The van der Waals surface area contributed by atoms with Crippen LogP contribution in [0.15, 0.2) is 0 Å². The Hall–Kier alpha value is -1.27. The van der Waals surface area contributed by atoms with Crippen molar-refractivity contribution in [2.75, 3.05) is 20.6 Å². The highest BCUT2D eigenvalue weighted by Gasteiger charge is 2.18. The first kappa shape index (κ1) is 19.7. The third-order valence-corrected chi connectivity index (χ3v) is 3.25. The molecule has 0 saturated heterocycles. The number of Topliss-reactive ketones (excluding diaryl/α,β-unsaturated/α-hetero) is 2. The largest absolute Gasteiger partial charge is 0.352 e. The minimum atomic E-state index is -0.387. The van der Waals surface area contributed by atoms with Gasteiger partial charge in [-0.2, -0.15) is 0 Å². The summed E-state index contributed by atoms with van der Waals surface area (Å²) in [7, 11) is 3.73. The van der Waals surface area contributed by atoms with Gasteiger partial charge in [0.1, 0.15) is 11.6 Å². The first-order valence-electron chi connectivity index (χ1n) is 7.49. The molecule has 21 heavy (non-hydrogen) atoms. The Kier molecular flexibility index (Phi) is 10.7. The molecule has 1 unspecified atom stereocenters. The number of amides is 1. The van der Waals surface area contributed by atoms with E-state index >= 15 is 0 Å². The fourth-order valence-electron chi connectivity index (χ4n) is 2.25. The van der Waals surface area contributed by atoms with Crippen molar-refractivity contribution in [2.45, 2.75) is 58.0 Å². The van der Waals surface area contributed by atoms with Gasteiger partial charge in [0.15, 0.2) is 0 Å². The number of ketones is 2. The summed E-state index contributed by atoms with van der Waals surface area (Å²) in [5.41, 5.74) is 0. The number of carbonyl (C=O) groups is 3. The van der Waals surface area contributed by atoms with E-state index in [0.717, 1.165) is 19.4 Å². The monoisotopic (exact) mass is 299 g/mol. The van der Waals surface area contributed by atoms with Crippen LogP contribution in [-0.2, 0) is 14.4 Å². The molecular formula is C15H29N3O3. The summed E-state index contributed by atoms with van der Waals surface area (Å²) in [5, 5.41) is 9.00. The average molecular weight is 299 g/mol. The molecule has 0 saturated carbocycles. The molecule has 0 aromatic heterocycles. The molecule has 0 aromatic carbocycles. The van der Waals surface area contributed by atoms with Gasteiger partial charge in [-0.3, -0.25) is 14.4 Å². The lowest BCUT2D eigenvalue weighted by Gasteiger charge is -2.20. The van der Waals surface area contributed by atoms with Gasteiger partial charge >= 0.3 is 0 Å². The van der Waals surface area contributed by atoms with Crippen molar-refractivity contribution in [3.8, 4) is 0 Å². The molecule has 6 nitrogen and oxygen atoms in total. The summed E-state index contributed by atoms with van der Waals surface area (Å²) in [6, 6.07) is -0.282. The second kappa shape index (κ2) is 11.4. The van der Waals surface area contributed by atoms with Crippen LogP contribution in [-0.4, -0.2) is 50.2 Å². The minimum Gasteiger partial charge on any atom is -0.352 e. The highest BCUT2D eigenvalue weighted by Crippen LogP contribution is 2.05. The quantitative estimate of drug-likeness (QED) is 0.454. The molecule has 122 valence electrons. The fraction of sp³-hybridized carbons (Fsp3) is 0.800. The number of nitrogens with one attached hydrogen (secondary N) is 3. The van der Waals surface area contributed by atoms with E-state index in [4.69, 9.17) is 0 Å². The molecule has 0 aromatic rings. The van der Waals surface area contributed by atoms with Crippen molar-refractivity contribution < 1.29 is 14.4 Å². The molecule has 0 spiro atoms. The van der Waals surface area contributed by atoms with E-state index in [9.17, 15) is 14.4 Å². The topological polar surface area (TPSA) is 87.3 Å². The van der Waals surface area contributed by atoms with E-state index in [1.54, 1.807) is 0 Å². The molecule has 3 N–H and O–H groups in total. The summed E-state index contributed by atoms with van der Waals surface area (Å²) < 4.78 is 0. The Morgan fingerprint density at radius 1 is 0.905 bits per heavy atom. The standard InChI is InChI=1S/C15H29N3O3/c1-11(19)8-14(9-12(2)20)18-15(21)10-13(17-4)6-5-7-16-3/h13-14,16-17H,5-10H2,1-4H3,(H,18,21). The maximum Gasteiger partial charge on any atom is 0.221 e. The molecule has 0 radical (unpaired) electrons. The Balaban J connectivity index is 4.31. The zero-order chi connectivity index (χ0) is 16.3. The molecule has 6 heteroatoms. The van der Waals surface area contributed by atoms with Crippen LogP contribution >= 0.6 is 0 Å². The highest BCUT2D eigenvalue weighted by atomic mass is 16.2. The molecule has 0 aliphatic rings. The van der Waals surface area contributed by atoms with Crippen LogP contribution < -0.4 is 16.0 Å². The Morgan fingerprint density at radius 3 is 1.90 bits per heavy atom. The van der Waals surface area contributed by atoms with Crippen LogP contribution in [0.1, 0.15) is 46.0 Å². The van der Waals surface area contributed by atoms with Gasteiger partial charge < -0.3 is 16.0 Å². The summed E-state index contributed by atoms with van der Waals surface area (Å²) in [6.07, 6.45) is 2.64. The van der Waals surface area contributed by atoms with Crippen molar-refractivity contribution in [1.82, 2.24) is 16.0 Å². The van der Waals surface area contributed by atoms with Crippen molar-refractivity contribution in [3.63, 3.8) is 0 Å². The van der Waals surface area contributed by atoms with E-state index in [0.29, 0.717) is 6.42 Å². The lowest BCUT2D eigenvalue weighted by molar-refractivity contribution is -0.123. The zero-order valence-electron chi connectivity index (χ0n) is 13.6. The van der Waals surface area contributed by atoms with E-state index in [1.165, 1.54) is 13.8 Å². The van der Waals surface area contributed by atoms with Gasteiger partial charge in [-0.05, 0) is 47.3 Å². The molecule has 0 fully saturated rings. The van der Waals surface area contributed by atoms with Gasteiger partial charge in [-0.15, -0.1) is 0 Å². The van der Waals surface area contributed by atoms with E-state index in [1.807, 2.05) is 14.1 Å². The third kappa shape index (κ3) is 11.1. The maximum atomic E-state index is 12.0. The van der Waals surface area contributed by atoms with Crippen LogP contribution in [0.25, 0.3) is 0 Å². The van der Waals surface area contributed by atoms with Gasteiger partial charge in [0.25, 0.3) is 0 Å². The maximum absolute atomic E-state index is 12.0. The Bertz CT molecular complexity index is 329. The van der Waals surface area contributed by atoms with Crippen molar-refractivity contribution in [2.24, 2.45) is 0 Å². The van der Waals surface area contributed by atoms with E-state index in [-0.39, 0.29) is 42.4 Å². The van der Waals surface area contributed by atoms with E-state index in [2.05, 4.69) is 16.0 Å². The SMILES string of the molecule is CNCCCC(CC(=O)NC(CC(C)=O)CC(C)=O)NC. The molecule has 0 aliphatic carbocycles. The lowest BCUT2D eigenvalue weighted by atomic mass is 10.0. The number of rotatable bonds is 12. The smallest absolute Gasteiger partial charge is 0.221 e. The highest BCUT2D eigenvalue weighted by molar-refractivity contribution is 5.82. The summed E-state index contributed by atoms with van der Waals surface area (Å²) in [5.74, 6) is -0.173.